The van der Waals surface area contributed by atoms with Gasteiger partial charge in [-0.3, -0.25) is 10.1 Å². The third-order valence-electron chi connectivity index (χ3n) is 2.53. The van der Waals surface area contributed by atoms with Gasteiger partial charge < -0.3 is 0 Å². The van der Waals surface area contributed by atoms with Crippen molar-refractivity contribution in [1.29, 1.82) is 0 Å². The number of nitrogens with zero attached hydrogens (tertiary/aromatic N) is 2. The summed E-state index contributed by atoms with van der Waals surface area (Å²) < 4.78 is 26.8. The molecule has 2 aromatic rings. The average molecular weight is 314 g/mol. The fourth-order valence-electron chi connectivity index (χ4n) is 1.48. The molecule has 0 saturated heterocycles. The molecule has 0 aliphatic rings. The van der Waals surface area contributed by atoms with Crippen molar-refractivity contribution >= 4 is 33.3 Å². The highest BCUT2D eigenvalue weighted by atomic mass is 35.5. The van der Waals surface area contributed by atoms with Crippen molar-refractivity contribution < 1.29 is 8.42 Å². The van der Waals surface area contributed by atoms with Crippen LogP contribution < -0.4 is 16.0 Å². The lowest BCUT2D eigenvalue weighted by Crippen LogP contribution is -2.16. The molecule has 0 unspecified atom stereocenters. The number of rotatable bonds is 4. The van der Waals surface area contributed by atoms with E-state index in [1.165, 1.54) is 0 Å². The van der Waals surface area contributed by atoms with E-state index >= 15 is 0 Å². The molecule has 1 aromatic heterocycles. The van der Waals surface area contributed by atoms with Gasteiger partial charge in [-0.1, -0.05) is 23.7 Å². The topological polar surface area (TPSA) is 110 Å². The predicted molar refractivity (Wildman–Crippen MR) is 76.8 cm³/mol. The number of hydrogen-bond acceptors (Lipinski definition) is 6. The molecule has 2 rings (SSSR count). The molecule has 1 heterocycles. The van der Waals surface area contributed by atoms with E-state index in [0.717, 1.165) is 12.4 Å². The fraction of sp³-hybridized carbons (Fsp3) is 0.0909. The van der Waals surface area contributed by atoms with E-state index in [0.29, 0.717) is 16.3 Å². The Morgan fingerprint density at radius 2 is 1.90 bits per heavy atom. The van der Waals surface area contributed by atoms with Crippen LogP contribution in [0.2, 0.25) is 5.02 Å². The highest BCUT2D eigenvalue weighted by Gasteiger charge is 2.18. The van der Waals surface area contributed by atoms with Gasteiger partial charge in [-0.2, -0.15) is 0 Å². The first-order chi connectivity index (χ1) is 9.44. The first-order valence-corrected chi connectivity index (χ1v) is 7.37. The van der Waals surface area contributed by atoms with Gasteiger partial charge >= 0.3 is 0 Å². The van der Waals surface area contributed by atoms with E-state index < -0.39 is 10.0 Å². The number of nitrogens with one attached hydrogen (secondary N) is 2. The summed E-state index contributed by atoms with van der Waals surface area (Å²) in [7, 11) is -3.81. The van der Waals surface area contributed by atoms with Crippen LogP contribution in [0.15, 0.2) is 35.5 Å². The maximum Gasteiger partial charge on any atom is 0.265 e. The maximum atomic E-state index is 12.2. The molecule has 0 saturated carbocycles. The second kappa shape index (κ2) is 5.61. The first kappa shape index (κ1) is 14.5. The lowest BCUT2D eigenvalue weighted by atomic mass is 10.2. The van der Waals surface area contributed by atoms with Crippen LogP contribution in [0, 0.1) is 6.92 Å². The Labute approximate surface area is 121 Å². The van der Waals surface area contributed by atoms with Gasteiger partial charge in [0.2, 0.25) is 5.95 Å². The van der Waals surface area contributed by atoms with Gasteiger partial charge in [-0.25, -0.2) is 24.2 Å². The Hall–Kier alpha value is -1.90. The molecular weight excluding hydrogens is 302 g/mol. The molecule has 0 spiro atoms. The number of benzene rings is 1. The molecule has 0 bridgehead atoms. The van der Waals surface area contributed by atoms with Crippen LogP contribution in [0.3, 0.4) is 0 Å². The van der Waals surface area contributed by atoms with Crippen molar-refractivity contribution in [2.24, 2.45) is 5.84 Å². The van der Waals surface area contributed by atoms with Gasteiger partial charge in [0.05, 0.1) is 23.1 Å². The molecule has 0 aliphatic heterocycles. The van der Waals surface area contributed by atoms with Gasteiger partial charge in [0, 0.05) is 0 Å². The van der Waals surface area contributed by atoms with Crippen molar-refractivity contribution in [2.75, 3.05) is 10.1 Å². The van der Waals surface area contributed by atoms with Gasteiger partial charge in [0.15, 0.2) is 0 Å². The smallest absolute Gasteiger partial charge is 0.265 e. The molecular formula is C11H12ClN5O2S. The van der Waals surface area contributed by atoms with Crippen LogP contribution in [-0.4, -0.2) is 18.4 Å². The van der Waals surface area contributed by atoms with Gasteiger partial charge in [0.1, 0.15) is 4.90 Å². The quantitative estimate of drug-likeness (QED) is 0.583. The van der Waals surface area contributed by atoms with Crippen LogP contribution in [0.4, 0.5) is 11.6 Å². The van der Waals surface area contributed by atoms with Gasteiger partial charge in [-0.05, 0) is 18.6 Å². The maximum absolute atomic E-state index is 12.2. The molecule has 20 heavy (non-hydrogen) atoms. The molecule has 4 N–H and O–H groups in total. The Balaban J connectivity index is 2.35. The van der Waals surface area contributed by atoms with E-state index in [1.807, 2.05) is 0 Å². The van der Waals surface area contributed by atoms with Gasteiger partial charge in [-0.15, -0.1) is 0 Å². The Kier molecular flexibility index (Phi) is 4.07. The molecule has 0 atom stereocenters. The zero-order chi connectivity index (χ0) is 14.8. The average Bonchev–Trinajstić information content (AvgIpc) is 2.43. The lowest BCUT2D eigenvalue weighted by Gasteiger charge is -2.11. The number of aryl methyl sites for hydroxylation is 1. The van der Waals surface area contributed by atoms with Crippen LogP contribution in [0.25, 0.3) is 0 Å². The number of hydrazine groups is 1. The molecule has 106 valence electrons. The summed E-state index contributed by atoms with van der Waals surface area (Å²) in [4.78, 5) is 7.41. The summed E-state index contributed by atoms with van der Waals surface area (Å²) in [5.41, 5.74) is 3.25. The standard InChI is InChI=1S/C11H12ClN5O2S/c1-7-3-2-4-9(12)10(7)17-20(18,19)8-5-14-11(16-13)15-6-8/h2-6,17H,13H2,1H3,(H,14,15,16). The minimum Gasteiger partial charge on any atom is -0.292 e. The summed E-state index contributed by atoms with van der Waals surface area (Å²) >= 11 is 5.99. The number of nitrogen functional groups attached to an aromatic ring is 1. The zero-order valence-corrected chi connectivity index (χ0v) is 12.0. The molecule has 1 aromatic carbocycles. The summed E-state index contributed by atoms with van der Waals surface area (Å²) in [6, 6.07) is 5.09. The van der Waals surface area contributed by atoms with Crippen LogP contribution in [0.1, 0.15) is 5.56 Å². The Morgan fingerprint density at radius 3 is 2.45 bits per heavy atom. The van der Waals surface area contributed by atoms with Crippen LogP contribution >= 0.6 is 11.6 Å². The van der Waals surface area contributed by atoms with E-state index in [9.17, 15) is 8.42 Å². The molecule has 0 fully saturated rings. The number of anilines is 2. The molecule has 0 aliphatic carbocycles. The van der Waals surface area contributed by atoms with Crippen molar-refractivity contribution in [2.45, 2.75) is 11.8 Å². The predicted octanol–water partition coefficient (Wildman–Crippen LogP) is 1.52. The van der Waals surface area contributed by atoms with Gasteiger partial charge in [0.25, 0.3) is 10.0 Å². The summed E-state index contributed by atoms with van der Waals surface area (Å²) in [5, 5.41) is 0.315. The normalized spacial score (nSPS) is 11.2. The summed E-state index contributed by atoms with van der Waals surface area (Å²) in [5.74, 6) is 5.24. The Morgan fingerprint density at radius 1 is 1.25 bits per heavy atom. The lowest BCUT2D eigenvalue weighted by molar-refractivity contribution is 0.600. The number of halogens is 1. The summed E-state index contributed by atoms with van der Waals surface area (Å²) in [6.45, 7) is 1.75. The minimum absolute atomic E-state index is 0.0872. The number of nitrogens with two attached hydrogens (primary N) is 1. The van der Waals surface area contributed by atoms with Crippen molar-refractivity contribution in [3.8, 4) is 0 Å². The zero-order valence-electron chi connectivity index (χ0n) is 10.5. The molecule has 0 amide bonds. The van der Waals surface area contributed by atoms with Crippen molar-refractivity contribution in [3.05, 3.63) is 41.2 Å². The minimum atomic E-state index is -3.81. The highest BCUT2D eigenvalue weighted by molar-refractivity contribution is 7.92. The second-order valence-corrected chi connectivity index (χ2v) is 6.01. The van der Waals surface area contributed by atoms with Crippen LogP contribution in [0.5, 0.6) is 0 Å². The largest absolute Gasteiger partial charge is 0.292 e. The highest BCUT2D eigenvalue weighted by Crippen LogP contribution is 2.27. The van der Waals surface area contributed by atoms with E-state index in [4.69, 9.17) is 17.4 Å². The monoisotopic (exact) mass is 313 g/mol. The van der Waals surface area contributed by atoms with E-state index in [2.05, 4.69) is 20.1 Å². The van der Waals surface area contributed by atoms with E-state index in [1.54, 1.807) is 25.1 Å². The Bertz CT molecular complexity index is 698. The number of sulfonamides is 1. The molecule has 0 radical (unpaired) electrons. The van der Waals surface area contributed by atoms with E-state index in [-0.39, 0.29) is 10.8 Å². The first-order valence-electron chi connectivity index (χ1n) is 5.50. The molecule has 7 nitrogen and oxygen atoms in total. The number of para-hydroxylation sites is 1. The van der Waals surface area contributed by atoms with Crippen molar-refractivity contribution in [3.63, 3.8) is 0 Å². The van der Waals surface area contributed by atoms with Crippen LogP contribution in [-0.2, 0) is 10.0 Å². The van der Waals surface area contributed by atoms with Crippen molar-refractivity contribution in [1.82, 2.24) is 9.97 Å². The SMILES string of the molecule is Cc1cccc(Cl)c1NS(=O)(=O)c1cnc(NN)nc1. The number of aromatic nitrogens is 2. The second-order valence-electron chi connectivity index (χ2n) is 3.92. The summed E-state index contributed by atoms with van der Waals surface area (Å²) in [6.07, 6.45) is 2.30. The third kappa shape index (κ3) is 2.98. The third-order valence-corrected chi connectivity index (χ3v) is 4.15. The molecule has 9 heteroatoms. The fourth-order valence-corrected chi connectivity index (χ4v) is 2.85. The number of hydrogen-bond donors (Lipinski definition) is 3.